The summed E-state index contributed by atoms with van der Waals surface area (Å²) < 4.78 is 24.4. The smallest absolute Gasteiger partial charge is 0.309 e. The van der Waals surface area contributed by atoms with E-state index in [4.69, 9.17) is 9.05 Å². The van der Waals surface area contributed by atoms with Crippen LogP contribution in [0.4, 0.5) is 0 Å². The summed E-state index contributed by atoms with van der Waals surface area (Å²) in [4.78, 5) is 0. The summed E-state index contributed by atoms with van der Waals surface area (Å²) in [6.07, 6.45) is 27.5. The van der Waals surface area contributed by atoms with Crippen LogP contribution in [0.5, 0.6) is 0 Å². The van der Waals surface area contributed by atoms with Gasteiger partial charge < -0.3 is 9.05 Å². The number of hydrogen-bond donors (Lipinski definition) is 0. The van der Waals surface area contributed by atoms with Crippen LogP contribution in [0.3, 0.4) is 0 Å². The van der Waals surface area contributed by atoms with E-state index in [-0.39, 0.29) is 0 Å². The van der Waals surface area contributed by atoms with Gasteiger partial charge in [-0.3, -0.25) is 4.57 Å². The summed E-state index contributed by atoms with van der Waals surface area (Å²) in [5.74, 6) is 0. The van der Waals surface area contributed by atoms with Crippen LogP contribution in [-0.4, -0.2) is 19.4 Å². The molecule has 0 radical (unpaired) electrons. The van der Waals surface area contributed by atoms with Gasteiger partial charge in [-0.2, -0.15) is 0 Å². The molecule has 1 unspecified atom stereocenters. The second kappa shape index (κ2) is 24.8. The molecule has 0 rings (SSSR count). The zero-order chi connectivity index (χ0) is 22.9. The first kappa shape index (κ1) is 31.1. The Morgan fingerprint density at radius 3 is 1.06 bits per heavy atom. The molecular weight excluding hydrogens is 403 g/mol. The minimum absolute atomic E-state index is 0.579. The molecular formula is C27H57O3P. The number of hydrogen-bond acceptors (Lipinski definition) is 3. The highest BCUT2D eigenvalue weighted by Gasteiger charge is 2.23. The molecule has 0 fully saturated rings. The highest BCUT2D eigenvalue weighted by atomic mass is 31.2. The fourth-order valence-electron chi connectivity index (χ4n) is 3.93. The Labute approximate surface area is 196 Å². The van der Waals surface area contributed by atoms with Crippen LogP contribution < -0.4 is 0 Å². The van der Waals surface area contributed by atoms with E-state index in [0.717, 1.165) is 32.1 Å². The van der Waals surface area contributed by atoms with Gasteiger partial charge in [-0.25, -0.2) is 0 Å². The first-order chi connectivity index (χ1) is 15.2. The Balaban J connectivity index is 3.54. The van der Waals surface area contributed by atoms with Gasteiger partial charge in [-0.05, 0) is 19.3 Å². The molecule has 0 aliphatic heterocycles. The third-order valence-electron chi connectivity index (χ3n) is 6.11. The molecule has 4 heteroatoms. The van der Waals surface area contributed by atoms with Gasteiger partial charge >= 0.3 is 7.60 Å². The maximum atomic E-state index is 12.9. The van der Waals surface area contributed by atoms with Crippen molar-refractivity contribution in [2.45, 2.75) is 156 Å². The minimum Gasteiger partial charge on any atom is -0.309 e. The molecule has 3 nitrogen and oxygen atoms in total. The van der Waals surface area contributed by atoms with Crippen molar-refractivity contribution in [1.82, 2.24) is 0 Å². The van der Waals surface area contributed by atoms with Crippen LogP contribution >= 0.6 is 7.60 Å². The number of rotatable bonds is 26. The van der Waals surface area contributed by atoms with Crippen molar-refractivity contribution in [1.29, 1.82) is 0 Å². The predicted molar refractivity (Wildman–Crippen MR) is 138 cm³/mol. The molecule has 0 amide bonds. The van der Waals surface area contributed by atoms with Gasteiger partial charge in [0.25, 0.3) is 0 Å². The lowest BCUT2D eigenvalue weighted by Crippen LogP contribution is -2.03. The summed E-state index contributed by atoms with van der Waals surface area (Å²) in [5.41, 5.74) is 0. The van der Waals surface area contributed by atoms with Crippen LogP contribution in [0.2, 0.25) is 0 Å². The number of unbranched alkanes of at least 4 members (excludes halogenated alkanes) is 18. The Morgan fingerprint density at radius 2 is 0.710 bits per heavy atom. The quantitative estimate of drug-likeness (QED) is 0.0951. The normalized spacial score (nSPS) is 13.5. The third-order valence-corrected chi connectivity index (χ3v) is 8.12. The van der Waals surface area contributed by atoms with Crippen molar-refractivity contribution < 1.29 is 13.6 Å². The van der Waals surface area contributed by atoms with E-state index in [0.29, 0.717) is 19.4 Å². The van der Waals surface area contributed by atoms with Crippen LogP contribution in [0, 0.1) is 0 Å². The molecule has 0 bridgehead atoms. The molecule has 0 spiro atoms. The van der Waals surface area contributed by atoms with Gasteiger partial charge in [-0.15, -0.1) is 0 Å². The second-order valence-electron chi connectivity index (χ2n) is 9.36. The largest absolute Gasteiger partial charge is 0.330 e. The minimum atomic E-state index is -2.87. The fraction of sp³-hybridized carbons (Fsp3) is 1.00. The van der Waals surface area contributed by atoms with Gasteiger partial charge in [0.05, 0.1) is 19.4 Å². The molecule has 31 heavy (non-hydrogen) atoms. The van der Waals surface area contributed by atoms with E-state index in [1.165, 1.54) is 103 Å². The second-order valence-corrected chi connectivity index (χ2v) is 11.6. The van der Waals surface area contributed by atoms with Gasteiger partial charge in [0, 0.05) is 0 Å². The first-order valence-electron chi connectivity index (χ1n) is 14.1. The average Bonchev–Trinajstić information content (AvgIpc) is 2.77. The van der Waals surface area contributed by atoms with Crippen molar-refractivity contribution in [3.8, 4) is 0 Å². The molecule has 0 heterocycles. The average molecular weight is 461 g/mol. The molecule has 0 aliphatic carbocycles. The summed E-state index contributed by atoms with van der Waals surface area (Å²) in [6, 6.07) is 0. The summed E-state index contributed by atoms with van der Waals surface area (Å²) in [5, 5.41) is 0. The monoisotopic (exact) mass is 460 g/mol. The standard InChI is InChI=1S/C27H57O3P/c1-4-7-10-12-13-14-15-16-17-18-19-20-21-22-24-26-30-31(28,27-9-6-3)29-25-23-11-8-5-2/h4-27H2,1-3H3. The van der Waals surface area contributed by atoms with E-state index < -0.39 is 7.60 Å². The predicted octanol–water partition coefficient (Wildman–Crippen LogP) is 10.5. The maximum Gasteiger partial charge on any atom is 0.330 e. The highest BCUT2D eigenvalue weighted by molar-refractivity contribution is 7.53. The summed E-state index contributed by atoms with van der Waals surface area (Å²) in [6.45, 7) is 7.79. The maximum absolute atomic E-state index is 12.9. The summed E-state index contributed by atoms with van der Waals surface area (Å²) >= 11 is 0. The van der Waals surface area contributed by atoms with E-state index >= 15 is 0 Å². The highest BCUT2D eigenvalue weighted by Crippen LogP contribution is 2.49. The van der Waals surface area contributed by atoms with E-state index in [1.807, 2.05) is 0 Å². The Morgan fingerprint density at radius 1 is 0.419 bits per heavy atom. The van der Waals surface area contributed by atoms with Crippen molar-refractivity contribution in [3.05, 3.63) is 0 Å². The molecule has 0 aromatic rings. The Kier molecular flexibility index (Phi) is 24.9. The van der Waals surface area contributed by atoms with E-state index in [1.54, 1.807) is 0 Å². The molecule has 0 aliphatic rings. The van der Waals surface area contributed by atoms with Gasteiger partial charge in [0.15, 0.2) is 0 Å². The molecule has 188 valence electrons. The third kappa shape index (κ3) is 23.1. The van der Waals surface area contributed by atoms with Crippen molar-refractivity contribution in [3.63, 3.8) is 0 Å². The Bertz CT molecular complexity index is 387. The molecule has 0 saturated carbocycles. The lowest BCUT2D eigenvalue weighted by atomic mass is 10.0. The van der Waals surface area contributed by atoms with Gasteiger partial charge in [-0.1, -0.05) is 136 Å². The van der Waals surface area contributed by atoms with Crippen LogP contribution in [0.1, 0.15) is 156 Å². The van der Waals surface area contributed by atoms with E-state index in [2.05, 4.69) is 20.8 Å². The molecule has 0 saturated heterocycles. The molecule has 1 atom stereocenters. The van der Waals surface area contributed by atoms with Crippen LogP contribution in [0.25, 0.3) is 0 Å². The molecule has 0 N–H and O–H groups in total. The Hall–Kier alpha value is 0.150. The van der Waals surface area contributed by atoms with Crippen molar-refractivity contribution in [2.75, 3.05) is 19.4 Å². The lowest BCUT2D eigenvalue weighted by Gasteiger charge is -2.18. The van der Waals surface area contributed by atoms with Gasteiger partial charge in [0.2, 0.25) is 0 Å². The SMILES string of the molecule is CCCCCCCCCCCCCCCCCOP(=O)(CCCC)OCCCCCC. The van der Waals surface area contributed by atoms with E-state index in [9.17, 15) is 4.57 Å². The van der Waals surface area contributed by atoms with Crippen LogP contribution in [0.15, 0.2) is 0 Å². The molecule has 0 aromatic carbocycles. The van der Waals surface area contributed by atoms with Crippen molar-refractivity contribution >= 4 is 7.60 Å². The van der Waals surface area contributed by atoms with Crippen LogP contribution in [-0.2, 0) is 13.6 Å². The topological polar surface area (TPSA) is 35.5 Å². The molecule has 0 aromatic heterocycles. The van der Waals surface area contributed by atoms with Gasteiger partial charge in [0.1, 0.15) is 0 Å². The zero-order valence-electron chi connectivity index (χ0n) is 21.6. The zero-order valence-corrected chi connectivity index (χ0v) is 22.5. The lowest BCUT2D eigenvalue weighted by molar-refractivity contribution is 0.197. The van der Waals surface area contributed by atoms with Crippen molar-refractivity contribution in [2.24, 2.45) is 0 Å². The summed E-state index contributed by atoms with van der Waals surface area (Å²) in [7, 11) is -2.87. The fourth-order valence-corrected chi connectivity index (χ4v) is 5.78. The first-order valence-corrected chi connectivity index (χ1v) is 15.8.